The lowest BCUT2D eigenvalue weighted by Gasteiger charge is -2.20. The van der Waals surface area contributed by atoms with Gasteiger partial charge in [-0.25, -0.2) is 0 Å². The van der Waals surface area contributed by atoms with Crippen LogP contribution in [0.3, 0.4) is 0 Å². The van der Waals surface area contributed by atoms with Gasteiger partial charge in [-0.2, -0.15) is 0 Å². The minimum atomic E-state index is 0.320. The van der Waals surface area contributed by atoms with Gasteiger partial charge in [0.15, 0.2) is 0 Å². The number of carbonyl (C=O) groups is 1. The number of benzene rings is 1. The molecule has 0 spiro atoms. The molecule has 1 unspecified atom stereocenters. The molecule has 1 amide bonds. The molecule has 1 heterocycles. The van der Waals surface area contributed by atoms with Crippen LogP contribution in [-0.2, 0) is 4.79 Å². The van der Waals surface area contributed by atoms with Crippen LogP contribution >= 0.6 is 11.8 Å². The quantitative estimate of drug-likeness (QED) is 0.748. The van der Waals surface area contributed by atoms with Crippen LogP contribution in [0.2, 0.25) is 0 Å². The molecule has 0 radical (unpaired) electrons. The largest absolute Gasteiger partial charge is 0.342 e. The molecule has 1 atom stereocenters. The molecule has 1 fully saturated rings. The number of nitrogens with zero attached hydrogens (tertiary/aromatic N) is 1. The number of thioether (sulfide) groups is 1. The summed E-state index contributed by atoms with van der Waals surface area (Å²) >= 11 is 1.84. The Kier molecular flexibility index (Phi) is 3.88. The average molecular weight is 235 g/mol. The fraction of sp³-hybridized carbons (Fsp3) is 0.462. The number of carbonyl (C=O) groups excluding carboxylic acids is 1. The number of likely N-dealkylation sites (tertiary alicyclic amines) is 1. The van der Waals surface area contributed by atoms with Crippen LogP contribution in [0.25, 0.3) is 0 Å². The van der Waals surface area contributed by atoms with Gasteiger partial charge in [0.25, 0.3) is 0 Å². The molecule has 0 saturated carbocycles. The Hall–Kier alpha value is -0.960. The Bertz CT molecular complexity index is 352. The first kappa shape index (κ1) is 11.5. The van der Waals surface area contributed by atoms with Crippen LogP contribution in [-0.4, -0.2) is 29.1 Å². The van der Waals surface area contributed by atoms with Gasteiger partial charge in [-0.15, -0.1) is 11.8 Å². The maximum Gasteiger partial charge on any atom is 0.222 e. The lowest BCUT2D eigenvalue weighted by molar-refractivity contribution is -0.127. The zero-order valence-electron chi connectivity index (χ0n) is 9.56. The van der Waals surface area contributed by atoms with E-state index in [1.165, 1.54) is 4.90 Å². The third-order valence-corrected chi connectivity index (χ3v) is 3.83. The van der Waals surface area contributed by atoms with E-state index in [0.29, 0.717) is 11.2 Å². The first-order valence-corrected chi connectivity index (χ1v) is 6.63. The molecule has 1 aromatic rings. The smallest absolute Gasteiger partial charge is 0.222 e. The van der Waals surface area contributed by atoms with Crippen molar-refractivity contribution in [3.05, 3.63) is 30.3 Å². The van der Waals surface area contributed by atoms with Crippen LogP contribution in [0.15, 0.2) is 35.2 Å². The van der Waals surface area contributed by atoms with Gasteiger partial charge in [-0.1, -0.05) is 25.1 Å². The van der Waals surface area contributed by atoms with Gasteiger partial charge in [-0.05, 0) is 18.6 Å². The highest BCUT2D eigenvalue weighted by Gasteiger charge is 2.21. The predicted molar refractivity (Wildman–Crippen MR) is 67.6 cm³/mol. The normalized spacial score (nSPS) is 17.8. The van der Waals surface area contributed by atoms with Gasteiger partial charge in [0, 0.05) is 29.7 Å². The van der Waals surface area contributed by atoms with Crippen molar-refractivity contribution in [2.45, 2.75) is 29.9 Å². The maximum atomic E-state index is 11.5. The molecule has 1 aromatic carbocycles. The van der Waals surface area contributed by atoms with Crippen LogP contribution in [0.4, 0.5) is 0 Å². The number of hydrogen-bond acceptors (Lipinski definition) is 2. The third-order valence-electron chi connectivity index (χ3n) is 2.73. The van der Waals surface area contributed by atoms with Gasteiger partial charge >= 0.3 is 0 Å². The second-order valence-corrected chi connectivity index (χ2v) is 5.70. The minimum absolute atomic E-state index is 0.320. The summed E-state index contributed by atoms with van der Waals surface area (Å²) in [7, 11) is 0. The van der Waals surface area contributed by atoms with E-state index in [1.54, 1.807) is 0 Å². The Morgan fingerprint density at radius 3 is 2.75 bits per heavy atom. The first-order valence-electron chi connectivity index (χ1n) is 5.75. The fourth-order valence-corrected chi connectivity index (χ4v) is 3.01. The van der Waals surface area contributed by atoms with Crippen molar-refractivity contribution < 1.29 is 4.79 Å². The molecule has 1 aliphatic rings. The molecule has 1 aliphatic heterocycles. The minimum Gasteiger partial charge on any atom is -0.342 e. The Labute approximate surface area is 101 Å². The lowest BCUT2D eigenvalue weighted by atomic mass is 10.4. The Morgan fingerprint density at radius 1 is 1.38 bits per heavy atom. The summed E-state index contributed by atoms with van der Waals surface area (Å²) in [6.45, 7) is 4.00. The maximum absolute atomic E-state index is 11.5. The number of rotatable bonds is 4. The molecular formula is C13H17NOS. The highest BCUT2D eigenvalue weighted by atomic mass is 32.2. The van der Waals surface area contributed by atoms with E-state index in [0.717, 1.165) is 25.9 Å². The van der Waals surface area contributed by atoms with Crippen LogP contribution < -0.4 is 0 Å². The summed E-state index contributed by atoms with van der Waals surface area (Å²) in [6, 6.07) is 10.4. The van der Waals surface area contributed by atoms with Gasteiger partial charge < -0.3 is 4.90 Å². The molecule has 86 valence electrons. The van der Waals surface area contributed by atoms with Crippen molar-refractivity contribution in [2.24, 2.45) is 0 Å². The molecule has 3 heteroatoms. The van der Waals surface area contributed by atoms with Gasteiger partial charge in [0.05, 0.1) is 0 Å². The van der Waals surface area contributed by atoms with E-state index in [9.17, 15) is 4.79 Å². The highest BCUT2D eigenvalue weighted by Crippen LogP contribution is 2.24. The molecule has 16 heavy (non-hydrogen) atoms. The first-order chi connectivity index (χ1) is 7.75. The van der Waals surface area contributed by atoms with E-state index in [4.69, 9.17) is 0 Å². The van der Waals surface area contributed by atoms with Crippen molar-refractivity contribution >= 4 is 17.7 Å². The second kappa shape index (κ2) is 5.39. The SMILES string of the molecule is CC(CN1CCCC1=O)Sc1ccccc1. The molecule has 1 saturated heterocycles. The van der Waals surface area contributed by atoms with E-state index in [1.807, 2.05) is 22.7 Å². The van der Waals surface area contributed by atoms with Crippen molar-refractivity contribution in [3.8, 4) is 0 Å². The summed E-state index contributed by atoms with van der Waals surface area (Å²) in [4.78, 5) is 14.7. The molecule has 2 nitrogen and oxygen atoms in total. The van der Waals surface area contributed by atoms with Crippen molar-refractivity contribution in [1.82, 2.24) is 4.90 Å². The van der Waals surface area contributed by atoms with E-state index in [-0.39, 0.29) is 0 Å². The lowest BCUT2D eigenvalue weighted by Crippen LogP contribution is -2.30. The summed E-state index contributed by atoms with van der Waals surface area (Å²) in [5.74, 6) is 0.320. The zero-order valence-corrected chi connectivity index (χ0v) is 10.4. The van der Waals surface area contributed by atoms with Crippen molar-refractivity contribution in [2.75, 3.05) is 13.1 Å². The Morgan fingerprint density at radius 2 is 2.12 bits per heavy atom. The zero-order chi connectivity index (χ0) is 11.4. The van der Waals surface area contributed by atoms with Crippen molar-refractivity contribution in [1.29, 1.82) is 0 Å². The molecule has 0 N–H and O–H groups in total. The molecule has 0 bridgehead atoms. The van der Waals surface area contributed by atoms with Crippen LogP contribution in [0.1, 0.15) is 19.8 Å². The fourth-order valence-electron chi connectivity index (χ4n) is 1.98. The van der Waals surface area contributed by atoms with E-state index < -0.39 is 0 Å². The predicted octanol–water partition coefficient (Wildman–Crippen LogP) is 2.79. The molecule has 2 rings (SSSR count). The third kappa shape index (κ3) is 3.01. The van der Waals surface area contributed by atoms with Gasteiger partial charge in [0.2, 0.25) is 5.91 Å². The van der Waals surface area contributed by atoms with E-state index >= 15 is 0 Å². The summed E-state index contributed by atoms with van der Waals surface area (Å²) in [5.41, 5.74) is 0. The summed E-state index contributed by atoms with van der Waals surface area (Å²) in [5, 5.41) is 0.462. The summed E-state index contributed by atoms with van der Waals surface area (Å²) < 4.78 is 0. The number of hydrogen-bond donors (Lipinski definition) is 0. The standard InChI is InChI=1S/C13H17NOS/c1-11(10-14-9-5-8-13(14)15)16-12-6-3-2-4-7-12/h2-4,6-7,11H,5,8-10H2,1H3. The highest BCUT2D eigenvalue weighted by molar-refractivity contribution is 8.00. The van der Waals surface area contributed by atoms with E-state index in [2.05, 4.69) is 31.2 Å². The molecule has 0 aliphatic carbocycles. The van der Waals surface area contributed by atoms with Crippen LogP contribution in [0.5, 0.6) is 0 Å². The number of amides is 1. The summed E-state index contributed by atoms with van der Waals surface area (Å²) in [6.07, 6.45) is 1.77. The molecular weight excluding hydrogens is 218 g/mol. The Balaban J connectivity index is 1.84. The monoisotopic (exact) mass is 235 g/mol. The van der Waals surface area contributed by atoms with Crippen LogP contribution in [0, 0.1) is 0 Å². The van der Waals surface area contributed by atoms with Gasteiger partial charge in [0.1, 0.15) is 0 Å². The molecule has 0 aromatic heterocycles. The van der Waals surface area contributed by atoms with Gasteiger partial charge in [-0.3, -0.25) is 4.79 Å². The average Bonchev–Trinajstić information content (AvgIpc) is 2.66. The van der Waals surface area contributed by atoms with Crippen molar-refractivity contribution in [3.63, 3.8) is 0 Å². The topological polar surface area (TPSA) is 20.3 Å². The second-order valence-electron chi connectivity index (χ2n) is 4.18.